The summed E-state index contributed by atoms with van der Waals surface area (Å²) in [6.45, 7) is 0. The third kappa shape index (κ3) is 4.17. The Kier molecular flexibility index (Phi) is 5.27. The van der Waals surface area contributed by atoms with Crippen molar-refractivity contribution in [2.45, 2.75) is 18.9 Å². The summed E-state index contributed by atoms with van der Waals surface area (Å²) in [7, 11) is 0. The molecular formula is C17H17NO4. The van der Waals surface area contributed by atoms with Gasteiger partial charge in [-0.1, -0.05) is 42.5 Å². The number of esters is 1. The SMILES string of the molecule is NC(CCc1ccccc1)C(=O)Oc1ccccc1C(=O)O. The normalized spacial score (nSPS) is 11.7. The minimum absolute atomic E-state index is 0.00941. The third-order valence-corrected chi connectivity index (χ3v) is 3.22. The van der Waals surface area contributed by atoms with E-state index in [0.717, 1.165) is 5.56 Å². The van der Waals surface area contributed by atoms with Gasteiger partial charge in [-0.05, 0) is 30.5 Å². The zero-order valence-corrected chi connectivity index (χ0v) is 11.9. The molecule has 0 saturated carbocycles. The molecule has 1 unspecified atom stereocenters. The second kappa shape index (κ2) is 7.38. The molecule has 0 radical (unpaired) electrons. The molecule has 22 heavy (non-hydrogen) atoms. The number of carbonyl (C=O) groups is 2. The lowest BCUT2D eigenvalue weighted by molar-refractivity contribution is -0.136. The second-order valence-corrected chi connectivity index (χ2v) is 4.85. The minimum atomic E-state index is -1.15. The van der Waals surface area contributed by atoms with Crippen molar-refractivity contribution >= 4 is 11.9 Å². The molecular weight excluding hydrogens is 282 g/mol. The number of aromatic carboxylic acids is 1. The van der Waals surface area contributed by atoms with Gasteiger partial charge in [-0.15, -0.1) is 0 Å². The molecule has 0 saturated heterocycles. The van der Waals surface area contributed by atoms with Crippen LogP contribution in [-0.4, -0.2) is 23.1 Å². The summed E-state index contributed by atoms with van der Waals surface area (Å²) in [5.74, 6) is -1.78. The minimum Gasteiger partial charge on any atom is -0.478 e. The van der Waals surface area contributed by atoms with Crippen LogP contribution in [0.2, 0.25) is 0 Å². The summed E-state index contributed by atoms with van der Waals surface area (Å²) in [4.78, 5) is 23.0. The molecule has 2 rings (SSSR count). The molecule has 0 fully saturated rings. The van der Waals surface area contributed by atoms with Crippen LogP contribution < -0.4 is 10.5 Å². The van der Waals surface area contributed by atoms with Crippen LogP contribution in [0.1, 0.15) is 22.3 Å². The standard InChI is InChI=1S/C17H17NO4/c18-14(11-10-12-6-2-1-3-7-12)17(21)22-15-9-5-4-8-13(15)16(19)20/h1-9,14H,10-11,18H2,(H,19,20). The maximum absolute atomic E-state index is 12.0. The average molecular weight is 299 g/mol. The maximum Gasteiger partial charge on any atom is 0.339 e. The van der Waals surface area contributed by atoms with E-state index in [4.69, 9.17) is 15.6 Å². The van der Waals surface area contributed by atoms with E-state index in [1.807, 2.05) is 30.3 Å². The zero-order valence-electron chi connectivity index (χ0n) is 11.9. The lowest BCUT2D eigenvalue weighted by Gasteiger charge is -2.12. The highest BCUT2D eigenvalue weighted by Gasteiger charge is 2.19. The molecule has 114 valence electrons. The van der Waals surface area contributed by atoms with Crippen LogP contribution in [0.4, 0.5) is 0 Å². The molecule has 0 spiro atoms. The number of hydrogen-bond donors (Lipinski definition) is 2. The Morgan fingerprint density at radius 2 is 1.68 bits per heavy atom. The number of nitrogens with two attached hydrogens (primary N) is 1. The number of carboxylic acids is 1. The molecule has 3 N–H and O–H groups in total. The van der Waals surface area contributed by atoms with Crippen LogP contribution >= 0.6 is 0 Å². The van der Waals surface area contributed by atoms with Gasteiger partial charge in [-0.25, -0.2) is 9.59 Å². The van der Waals surface area contributed by atoms with Crippen molar-refractivity contribution < 1.29 is 19.4 Å². The van der Waals surface area contributed by atoms with E-state index in [1.165, 1.54) is 12.1 Å². The first kappa shape index (κ1) is 15.7. The van der Waals surface area contributed by atoms with Gasteiger partial charge in [0.05, 0.1) is 0 Å². The predicted molar refractivity (Wildman–Crippen MR) is 81.8 cm³/mol. The summed E-state index contributed by atoms with van der Waals surface area (Å²) in [6.07, 6.45) is 1.08. The van der Waals surface area contributed by atoms with E-state index in [9.17, 15) is 9.59 Å². The molecule has 0 aliphatic carbocycles. The number of benzene rings is 2. The van der Waals surface area contributed by atoms with Crippen molar-refractivity contribution in [3.63, 3.8) is 0 Å². The second-order valence-electron chi connectivity index (χ2n) is 4.85. The number of hydrogen-bond acceptors (Lipinski definition) is 4. The van der Waals surface area contributed by atoms with Crippen LogP contribution in [0.25, 0.3) is 0 Å². The van der Waals surface area contributed by atoms with Crippen molar-refractivity contribution in [1.29, 1.82) is 0 Å². The summed E-state index contributed by atoms with van der Waals surface area (Å²) in [5, 5.41) is 9.05. The fourth-order valence-electron chi connectivity index (χ4n) is 2.00. The Labute approximate surface area is 128 Å². The fourth-order valence-corrected chi connectivity index (χ4v) is 2.00. The van der Waals surface area contributed by atoms with E-state index >= 15 is 0 Å². The largest absolute Gasteiger partial charge is 0.478 e. The molecule has 2 aromatic carbocycles. The predicted octanol–water partition coefficient (Wildman–Crippen LogP) is 2.25. The first-order valence-electron chi connectivity index (χ1n) is 6.91. The number of carboxylic acid groups (broad SMARTS) is 1. The Balaban J connectivity index is 1.96. The van der Waals surface area contributed by atoms with E-state index in [1.54, 1.807) is 12.1 Å². The maximum atomic E-state index is 12.0. The van der Waals surface area contributed by atoms with Gasteiger partial charge in [-0.2, -0.15) is 0 Å². The van der Waals surface area contributed by atoms with Crippen LogP contribution in [0.15, 0.2) is 54.6 Å². The first-order chi connectivity index (χ1) is 10.6. The van der Waals surface area contributed by atoms with Crippen LogP contribution in [0.5, 0.6) is 5.75 Å². The number of ether oxygens (including phenoxy) is 1. The smallest absolute Gasteiger partial charge is 0.339 e. The summed E-state index contributed by atoms with van der Waals surface area (Å²) in [6, 6.07) is 14.8. The van der Waals surface area contributed by atoms with E-state index in [-0.39, 0.29) is 11.3 Å². The molecule has 0 aliphatic rings. The van der Waals surface area contributed by atoms with Crippen molar-refractivity contribution in [2.75, 3.05) is 0 Å². The van der Waals surface area contributed by atoms with Crippen LogP contribution in [0, 0.1) is 0 Å². The van der Waals surface area contributed by atoms with Gasteiger partial charge < -0.3 is 15.6 Å². The molecule has 5 nitrogen and oxygen atoms in total. The average Bonchev–Trinajstić information content (AvgIpc) is 2.53. The number of para-hydroxylation sites is 1. The van der Waals surface area contributed by atoms with E-state index < -0.39 is 18.0 Å². The molecule has 0 aromatic heterocycles. The first-order valence-corrected chi connectivity index (χ1v) is 6.91. The third-order valence-electron chi connectivity index (χ3n) is 3.22. The van der Waals surface area contributed by atoms with Gasteiger partial charge in [0.2, 0.25) is 0 Å². The highest BCUT2D eigenvalue weighted by molar-refractivity contribution is 5.92. The molecule has 0 aliphatic heterocycles. The number of carbonyl (C=O) groups excluding carboxylic acids is 1. The molecule has 0 heterocycles. The molecule has 0 amide bonds. The van der Waals surface area contributed by atoms with Gasteiger partial charge in [0, 0.05) is 0 Å². The highest BCUT2D eigenvalue weighted by Crippen LogP contribution is 2.18. The van der Waals surface area contributed by atoms with Crippen molar-refractivity contribution in [3.8, 4) is 5.75 Å². The van der Waals surface area contributed by atoms with Crippen molar-refractivity contribution in [2.24, 2.45) is 5.73 Å². The zero-order chi connectivity index (χ0) is 15.9. The Morgan fingerprint density at radius 1 is 1.05 bits per heavy atom. The van der Waals surface area contributed by atoms with Crippen molar-refractivity contribution in [1.82, 2.24) is 0 Å². The van der Waals surface area contributed by atoms with Gasteiger partial charge >= 0.3 is 11.9 Å². The summed E-state index contributed by atoms with van der Waals surface area (Å²) < 4.78 is 5.11. The van der Waals surface area contributed by atoms with Crippen LogP contribution in [-0.2, 0) is 11.2 Å². The number of rotatable bonds is 6. The topological polar surface area (TPSA) is 89.6 Å². The Hall–Kier alpha value is -2.66. The van der Waals surface area contributed by atoms with Gasteiger partial charge in [0.1, 0.15) is 17.4 Å². The molecule has 0 bridgehead atoms. The van der Waals surface area contributed by atoms with E-state index in [2.05, 4.69) is 0 Å². The van der Waals surface area contributed by atoms with Gasteiger partial charge in [0.15, 0.2) is 0 Å². The highest BCUT2D eigenvalue weighted by atomic mass is 16.5. The van der Waals surface area contributed by atoms with Crippen LogP contribution in [0.3, 0.4) is 0 Å². The summed E-state index contributed by atoms with van der Waals surface area (Å²) in [5.41, 5.74) is 6.83. The van der Waals surface area contributed by atoms with Crippen molar-refractivity contribution in [3.05, 3.63) is 65.7 Å². The quantitative estimate of drug-likeness (QED) is 0.630. The Bertz CT molecular complexity index is 655. The number of aryl methyl sites for hydroxylation is 1. The lowest BCUT2D eigenvalue weighted by atomic mass is 10.1. The summed E-state index contributed by atoms with van der Waals surface area (Å²) >= 11 is 0. The van der Waals surface area contributed by atoms with Gasteiger partial charge in [0.25, 0.3) is 0 Å². The monoisotopic (exact) mass is 299 g/mol. The molecule has 2 aromatic rings. The lowest BCUT2D eigenvalue weighted by Crippen LogP contribution is -2.35. The molecule has 5 heteroatoms. The Morgan fingerprint density at radius 3 is 2.36 bits per heavy atom. The van der Waals surface area contributed by atoms with Gasteiger partial charge in [-0.3, -0.25) is 0 Å². The molecule has 1 atom stereocenters. The van der Waals surface area contributed by atoms with E-state index in [0.29, 0.717) is 12.8 Å². The fraction of sp³-hybridized carbons (Fsp3) is 0.176.